The highest BCUT2D eigenvalue weighted by Gasteiger charge is 2.36. The maximum Gasteiger partial charge on any atom is 0.319 e. The Morgan fingerprint density at radius 1 is 1.10 bits per heavy atom. The van der Waals surface area contributed by atoms with E-state index >= 15 is 0 Å². The van der Waals surface area contributed by atoms with Crippen LogP contribution in [0, 0.1) is 5.92 Å². The van der Waals surface area contributed by atoms with Gasteiger partial charge in [0.2, 0.25) is 0 Å². The summed E-state index contributed by atoms with van der Waals surface area (Å²) in [5.74, 6) is 0.131. The van der Waals surface area contributed by atoms with E-state index in [0.717, 1.165) is 32.1 Å². The number of carbonyl (C=O) groups is 2. The molecule has 0 bridgehead atoms. The number of benzene rings is 2. The van der Waals surface area contributed by atoms with Gasteiger partial charge in [0, 0.05) is 6.54 Å². The third kappa shape index (κ3) is 4.74. The van der Waals surface area contributed by atoms with Crippen molar-refractivity contribution >= 4 is 40.5 Å². The van der Waals surface area contributed by atoms with Crippen LogP contribution in [0.15, 0.2) is 54.6 Å². The number of nitrogens with zero attached hydrogens (tertiary/aromatic N) is 1. The number of nitrogens with one attached hydrogen (secondary N) is 1. The Labute approximate surface area is 186 Å². The first kappa shape index (κ1) is 21.6. The van der Waals surface area contributed by atoms with Crippen LogP contribution in [0.5, 0.6) is 0 Å². The fourth-order valence-electron chi connectivity index (χ4n) is 4.57. The molecule has 1 fully saturated rings. The molecule has 0 radical (unpaired) electrons. The molecule has 3 amide bonds. The van der Waals surface area contributed by atoms with Crippen molar-refractivity contribution in [3.63, 3.8) is 0 Å². The first-order chi connectivity index (χ1) is 14.0. The molecule has 3 N–H and O–H groups in total. The van der Waals surface area contributed by atoms with Gasteiger partial charge in [-0.2, -0.15) is 0 Å². The van der Waals surface area contributed by atoms with Gasteiger partial charge in [0.1, 0.15) is 0 Å². The molecule has 1 aliphatic carbocycles. The van der Waals surface area contributed by atoms with Crippen molar-refractivity contribution in [2.24, 2.45) is 11.7 Å². The van der Waals surface area contributed by atoms with E-state index in [9.17, 15) is 9.59 Å². The van der Waals surface area contributed by atoms with Crippen LogP contribution in [0.3, 0.4) is 0 Å². The van der Waals surface area contributed by atoms with Crippen molar-refractivity contribution in [1.29, 1.82) is 0 Å². The minimum Gasteiger partial charge on any atom is -0.351 e. The van der Waals surface area contributed by atoms with Gasteiger partial charge in [-0.15, -0.1) is 0 Å². The number of primary amides is 1. The monoisotopic (exact) mass is 505 g/mol. The van der Waals surface area contributed by atoms with Gasteiger partial charge in [-0.05, 0) is 61.1 Å². The summed E-state index contributed by atoms with van der Waals surface area (Å²) in [5.41, 5.74) is 8.39. The predicted molar refractivity (Wildman–Crippen MR) is 125 cm³/mol. The van der Waals surface area contributed by atoms with Crippen LogP contribution in [0.1, 0.15) is 54.9 Å². The predicted octanol–water partition coefficient (Wildman–Crippen LogP) is 5.19. The van der Waals surface area contributed by atoms with Crippen LogP contribution in [0.2, 0.25) is 0 Å². The fraction of sp³-hybridized carbons (Fsp3) is 0.391. The number of hydrogen-bond donors (Lipinski definition) is 2. The first-order valence-corrected chi connectivity index (χ1v) is 11.2. The molecule has 0 aliphatic heterocycles. The minimum absolute atomic E-state index is 0.217. The molecule has 2 aromatic carbocycles. The van der Waals surface area contributed by atoms with Crippen LogP contribution in [-0.2, 0) is 5.41 Å². The summed E-state index contributed by atoms with van der Waals surface area (Å²) in [6.07, 6.45) is 5.38. The van der Waals surface area contributed by atoms with E-state index in [-0.39, 0.29) is 11.3 Å². The number of anilines is 1. The zero-order chi connectivity index (χ0) is 20.9. The molecule has 29 heavy (non-hydrogen) atoms. The first-order valence-electron chi connectivity index (χ1n) is 10.1. The van der Waals surface area contributed by atoms with E-state index in [1.54, 1.807) is 23.1 Å². The smallest absolute Gasteiger partial charge is 0.319 e. The summed E-state index contributed by atoms with van der Waals surface area (Å²) in [7, 11) is 0. The lowest BCUT2D eigenvalue weighted by molar-refractivity contribution is 0.0990. The third-order valence-electron chi connectivity index (χ3n) is 6.36. The van der Waals surface area contributed by atoms with Crippen LogP contribution < -0.4 is 14.2 Å². The summed E-state index contributed by atoms with van der Waals surface area (Å²) in [5, 5.41) is 0. The van der Waals surface area contributed by atoms with Gasteiger partial charge in [-0.3, -0.25) is 13.2 Å². The van der Waals surface area contributed by atoms with Crippen molar-refractivity contribution < 1.29 is 9.59 Å². The van der Waals surface area contributed by atoms with Crippen LogP contribution in [-0.4, -0.2) is 18.5 Å². The van der Waals surface area contributed by atoms with Crippen LogP contribution in [0.4, 0.5) is 10.5 Å². The van der Waals surface area contributed by atoms with Crippen molar-refractivity contribution in [1.82, 2.24) is 3.53 Å². The summed E-state index contributed by atoms with van der Waals surface area (Å²) < 4.78 is 2.61. The average molecular weight is 505 g/mol. The summed E-state index contributed by atoms with van der Waals surface area (Å²) in [6, 6.07) is 17.4. The third-order valence-corrected chi connectivity index (χ3v) is 6.85. The maximum absolute atomic E-state index is 12.3. The Bertz CT molecular complexity index is 848. The highest BCUT2D eigenvalue weighted by Crippen LogP contribution is 2.44. The average Bonchev–Trinajstić information content (AvgIpc) is 2.78. The second-order valence-corrected chi connectivity index (χ2v) is 8.37. The Balaban J connectivity index is 1.76. The summed E-state index contributed by atoms with van der Waals surface area (Å²) >= 11 is 1.81. The Morgan fingerprint density at radius 2 is 1.72 bits per heavy atom. The SMILES string of the molecule is CCC1(c2ccccc2)CCC(CN(C(N)=O)c2ccccc2C(=O)NI)CC1. The van der Waals surface area contributed by atoms with Gasteiger partial charge in [0.25, 0.3) is 5.91 Å². The van der Waals surface area contributed by atoms with Crippen molar-refractivity contribution in [3.8, 4) is 0 Å². The number of rotatable bonds is 6. The number of hydrogen-bond acceptors (Lipinski definition) is 2. The number of nitrogens with two attached hydrogens (primary N) is 1. The summed E-state index contributed by atoms with van der Waals surface area (Å²) in [4.78, 5) is 26.1. The second kappa shape index (κ2) is 9.61. The maximum atomic E-state index is 12.3. The van der Waals surface area contributed by atoms with Crippen molar-refractivity contribution in [3.05, 3.63) is 65.7 Å². The molecule has 2 aromatic rings. The lowest BCUT2D eigenvalue weighted by Crippen LogP contribution is -2.42. The zero-order valence-electron chi connectivity index (χ0n) is 16.7. The van der Waals surface area contributed by atoms with Crippen LogP contribution in [0.25, 0.3) is 0 Å². The topological polar surface area (TPSA) is 75.4 Å². The second-order valence-electron chi connectivity index (χ2n) is 7.83. The molecule has 0 unspecified atom stereocenters. The van der Waals surface area contributed by atoms with E-state index < -0.39 is 6.03 Å². The highest BCUT2D eigenvalue weighted by atomic mass is 127. The van der Waals surface area contributed by atoms with E-state index in [1.807, 2.05) is 28.9 Å². The fourth-order valence-corrected chi connectivity index (χ4v) is 4.86. The molecule has 0 saturated heterocycles. The molecule has 5 nitrogen and oxygen atoms in total. The Hall–Kier alpha value is -2.09. The van der Waals surface area contributed by atoms with E-state index in [1.165, 1.54) is 5.56 Å². The minimum atomic E-state index is -0.519. The molecule has 1 aliphatic rings. The normalized spacial score (nSPS) is 21.4. The van der Waals surface area contributed by atoms with E-state index in [2.05, 4.69) is 40.8 Å². The molecule has 1 saturated carbocycles. The number of amides is 3. The van der Waals surface area contributed by atoms with Crippen molar-refractivity contribution in [2.45, 2.75) is 44.4 Å². The number of urea groups is 1. The van der Waals surface area contributed by atoms with Crippen LogP contribution >= 0.6 is 22.9 Å². The highest BCUT2D eigenvalue weighted by molar-refractivity contribution is 14.1. The van der Waals surface area contributed by atoms with Gasteiger partial charge in [0.15, 0.2) is 0 Å². The Kier molecular flexibility index (Phi) is 7.16. The molecule has 6 heteroatoms. The van der Waals surface area contributed by atoms with E-state index in [4.69, 9.17) is 5.73 Å². The lowest BCUT2D eigenvalue weighted by Gasteiger charge is -2.41. The number of halogens is 1. The molecule has 154 valence electrons. The van der Waals surface area contributed by atoms with Crippen molar-refractivity contribution in [2.75, 3.05) is 11.4 Å². The molecule has 3 rings (SSSR count). The summed E-state index contributed by atoms with van der Waals surface area (Å²) in [6.45, 7) is 2.80. The molecular formula is C23H28IN3O2. The largest absolute Gasteiger partial charge is 0.351 e. The number of carbonyl (C=O) groups excluding carboxylic acids is 2. The zero-order valence-corrected chi connectivity index (χ0v) is 18.9. The quantitative estimate of drug-likeness (QED) is 0.419. The molecule has 0 atom stereocenters. The van der Waals surface area contributed by atoms with E-state index in [0.29, 0.717) is 23.7 Å². The van der Waals surface area contributed by atoms with Gasteiger partial charge >= 0.3 is 6.03 Å². The number of para-hydroxylation sites is 1. The van der Waals surface area contributed by atoms with Gasteiger partial charge in [-0.1, -0.05) is 49.4 Å². The standard InChI is InChI=1S/C23H28IN3O2/c1-2-23(18-8-4-3-5-9-18)14-12-17(13-15-23)16-27(22(25)29)20-11-7-6-10-19(20)21(28)26-24/h3-11,17H,2,12-16H2,1H3,(H2,25,29)(H,26,28). The molecule has 0 spiro atoms. The van der Waals surface area contributed by atoms with Gasteiger partial charge in [0.05, 0.1) is 34.1 Å². The molecule has 0 aromatic heterocycles. The van der Waals surface area contributed by atoms with Gasteiger partial charge < -0.3 is 5.73 Å². The lowest BCUT2D eigenvalue weighted by atomic mass is 9.65. The molecule has 0 heterocycles. The van der Waals surface area contributed by atoms with Gasteiger partial charge in [-0.25, -0.2) is 4.79 Å². The Morgan fingerprint density at radius 3 is 2.31 bits per heavy atom. The molecular weight excluding hydrogens is 477 g/mol.